The molecule has 1 aromatic carbocycles. The van der Waals surface area contributed by atoms with Gasteiger partial charge in [-0.1, -0.05) is 26.0 Å². The van der Waals surface area contributed by atoms with Crippen LogP contribution in [-0.4, -0.2) is 119 Å². The van der Waals surface area contributed by atoms with Gasteiger partial charge in [0.05, 0.1) is 13.7 Å². The number of methoxy groups -OCH3 is 1. The van der Waals surface area contributed by atoms with E-state index in [1.807, 2.05) is 11.6 Å². The lowest BCUT2D eigenvalue weighted by Crippen LogP contribution is -2.62. The van der Waals surface area contributed by atoms with Gasteiger partial charge in [0.25, 0.3) is 5.91 Å². The molecule has 3 N–H and O–H groups in total. The SMILES string of the molecule is COc1cc2ccnc(O[C@]3(C(F)(F)F)C[C@H]4C(=O)N[C@]5(C(=O)NS(=O)(=O)C6(CF)CC6)C[C@H]5/C=C\CC[C@@H](C)C[C@@H](C)[C@H](N(C(=O)O)C5CCCCO5)C(=O)N4C3)c2cc1F. The number of nitrogens with one attached hydrogen (secondary N) is 2. The first-order valence-corrected chi connectivity index (χ1v) is 22.1. The Morgan fingerprint density at radius 3 is 2.52 bits per heavy atom. The van der Waals surface area contributed by atoms with Gasteiger partial charge in [-0.25, -0.2) is 27.0 Å². The molecule has 0 spiro atoms. The van der Waals surface area contributed by atoms with E-state index in [1.165, 1.54) is 19.2 Å². The largest absolute Gasteiger partial charge is 0.494 e. The lowest BCUT2D eigenvalue weighted by molar-refractivity contribution is -0.243. The van der Waals surface area contributed by atoms with Crippen LogP contribution in [0.15, 0.2) is 36.5 Å². The second-order valence-corrected chi connectivity index (χ2v) is 19.5. The number of hydrogen-bond acceptors (Lipinski definition) is 10. The zero-order valence-corrected chi connectivity index (χ0v) is 35.2. The Morgan fingerprint density at radius 1 is 1.15 bits per heavy atom. The number of sulfonamides is 1. The van der Waals surface area contributed by atoms with Crippen LogP contribution in [0.2, 0.25) is 0 Å². The number of halogens is 5. The van der Waals surface area contributed by atoms with Crippen molar-refractivity contribution in [3.05, 3.63) is 42.4 Å². The van der Waals surface area contributed by atoms with Crippen LogP contribution in [0, 0.1) is 23.6 Å². The van der Waals surface area contributed by atoms with Crippen molar-refractivity contribution in [2.45, 2.75) is 118 Å². The van der Waals surface area contributed by atoms with E-state index >= 15 is 22.4 Å². The number of allylic oxidation sites excluding steroid dienone is 1. The molecule has 21 heteroatoms. The van der Waals surface area contributed by atoms with Gasteiger partial charge in [-0.05, 0) is 93.2 Å². The van der Waals surface area contributed by atoms with E-state index in [-0.39, 0.29) is 61.2 Å². The van der Waals surface area contributed by atoms with Crippen LogP contribution >= 0.6 is 0 Å². The molecule has 5 aliphatic rings. The molecule has 2 aliphatic carbocycles. The summed E-state index contributed by atoms with van der Waals surface area (Å²) in [5, 5.41) is 13.2. The number of pyridine rings is 1. The molecular weight excluding hydrogens is 850 g/mol. The fourth-order valence-corrected chi connectivity index (χ4v) is 10.6. The number of carbonyl (C=O) groups excluding carboxylic acids is 3. The number of carbonyl (C=O) groups is 4. The zero-order valence-electron chi connectivity index (χ0n) is 34.4. The summed E-state index contributed by atoms with van der Waals surface area (Å²) < 4.78 is 120. The molecule has 4 amide bonds. The fraction of sp³-hybridized carbons (Fsp3) is 0.634. The normalized spacial score (nSPS) is 32.0. The maximum absolute atomic E-state index is 15.9. The number of carboxylic acid groups (broad SMARTS) is 1. The molecule has 7 rings (SSSR count). The topological polar surface area (TPSA) is 194 Å². The molecule has 3 aliphatic heterocycles. The van der Waals surface area contributed by atoms with Crippen molar-refractivity contribution in [3.63, 3.8) is 0 Å². The van der Waals surface area contributed by atoms with Gasteiger partial charge in [0.15, 0.2) is 11.6 Å². The highest BCUT2D eigenvalue weighted by atomic mass is 32.2. The van der Waals surface area contributed by atoms with Crippen LogP contribution in [-0.2, 0) is 29.1 Å². The highest BCUT2D eigenvalue weighted by Crippen LogP contribution is 2.50. The van der Waals surface area contributed by atoms with Crippen LogP contribution in [0.5, 0.6) is 11.6 Å². The molecule has 62 heavy (non-hydrogen) atoms. The van der Waals surface area contributed by atoms with Crippen molar-refractivity contribution in [1.29, 1.82) is 0 Å². The second-order valence-electron chi connectivity index (χ2n) is 17.4. The average Bonchev–Trinajstić information content (AvgIpc) is 4.12. The Hall–Kier alpha value is -4.79. The first-order chi connectivity index (χ1) is 29.2. The van der Waals surface area contributed by atoms with Gasteiger partial charge in [-0.3, -0.25) is 24.0 Å². The number of aromatic nitrogens is 1. The summed E-state index contributed by atoms with van der Waals surface area (Å²) in [5.41, 5.74) is -5.48. The van der Waals surface area contributed by atoms with Crippen molar-refractivity contribution >= 4 is 44.6 Å². The molecule has 0 radical (unpaired) electrons. The predicted molar refractivity (Wildman–Crippen MR) is 210 cm³/mol. The molecule has 1 aromatic heterocycles. The van der Waals surface area contributed by atoms with Crippen molar-refractivity contribution in [1.82, 2.24) is 24.8 Å². The van der Waals surface area contributed by atoms with E-state index in [0.717, 1.165) is 17.2 Å². The third-order valence-electron chi connectivity index (χ3n) is 13.1. The zero-order chi connectivity index (χ0) is 45.0. The molecule has 4 fully saturated rings. The van der Waals surface area contributed by atoms with E-state index in [1.54, 1.807) is 19.1 Å². The smallest absolute Gasteiger partial charge is 0.430 e. The second kappa shape index (κ2) is 16.7. The van der Waals surface area contributed by atoms with Gasteiger partial charge < -0.3 is 29.5 Å². The Bertz CT molecular complexity index is 2240. The fourth-order valence-electron chi connectivity index (χ4n) is 9.16. The number of amides is 4. The van der Waals surface area contributed by atoms with Crippen LogP contribution in [0.25, 0.3) is 10.8 Å². The highest BCUT2D eigenvalue weighted by molar-refractivity contribution is 7.91. The van der Waals surface area contributed by atoms with Crippen LogP contribution < -0.4 is 19.5 Å². The monoisotopic (exact) mass is 899 g/mol. The van der Waals surface area contributed by atoms with Gasteiger partial charge >= 0.3 is 12.3 Å². The molecular formula is C41H50F5N5O10S. The minimum absolute atomic E-state index is 0.0593. The third kappa shape index (κ3) is 8.25. The average molecular weight is 900 g/mol. The summed E-state index contributed by atoms with van der Waals surface area (Å²) in [7, 11) is -3.42. The van der Waals surface area contributed by atoms with Gasteiger partial charge in [-0.15, -0.1) is 0 Å². The first-order valence-electron chi connectivity index (χ1n) is 20.6. The summed E-state index contributed by atoms with van der Waals surface area (Å²) in [4.78, 5) is 62.5. The maximum Gasteiger partial charge on any atom is 0.430 e. The standard InChI is InChI=1S/C41H50F5N5O10S/c1-23-8-4-5-9-26-19-40(26,36(54)49-62(57,58)38(21-42)12-13-38)48-33(52)29-20-39(41(44,45)46,61-34-27-18-28(43)30(59-3)17-25(27)11-14-47-34)22-50(29)35(53)32(24(2)16-23)51(37(55)56)31-10-6-7-15-60-31/h5,9,11,14,17-18,23-24,26,29,31-32H,4,6-8,10,12-13,15-16,19-22H2,1-3H3,(H,48,52)(H,49,54)(H,55,56)/b9-5-/t23-,24-,26-,29+,31?,32+,39-,40-/m1/s1. The molecule has 8 atom stereocenters. The summed E-state index contributed by atoms with van der Waals surface area (Å²) >= 11 is 0. The summed E-state index contributed by atoms with van der Waals surface area (Å²) in [6.45, 7) is 0.973. The molecule has 2 aromatic rings. The van der Waals surface area contributed by atoms with Crippen molar-refractivity contribution in [2.24, 2.45) is 17.8 Å². The quantitative estimate of drug-likeness (QED) is 0.216. The number of alkyl halides is 4. The lowest BCUT2D eigenvalue weighted by atomic mass is 9.86. The number of benzene rings is 1. The van der Waals surface area contributed by atoms with Crippen LogP contribution in [0.3, 0.4) is 0 Å². The van der Waals surface area contributed by atoms with Crippen molar-refractivity contribution in [3.8, 4) is 11.6 Å². The van der Waals surface area contributed by atoms with E-state index in [0.29, 0.717) is 30.6 Å². The minimum Gasteiger partial charge on any atom is -0.494 e. The third-order valence-corrected chi connectivity index (χ3v) is 15.2. The molecule has 0 bridgehead atoms. The Kier molecular flexibility index (Phi) is 12.2. The predicted octanol–water partition coefficient (Wildman–Crippen LogP) is 5.37. The van der Waals surface area contributed by atoms with Gasteiger partial charge in [0, 0.05) is 30.5 Å². The number of hydrogen-bond donors (Lipinski definition) is 3. The van der Waals surface area contributed by atoms with Crippen LogP contribution in [0.4, 0.5) is 26.7 Å². The Labute approximate surface area is 354 Å². The molecule has 15 nitrogen and oxygen atoms in total. The Morgan fingerprint density at radius 2 is 1.89 bits per heavy atom. The molecule has 1 unspecified atom stereocenters. The summed E-state index contributed by atoms with van der Waals surface area (Å²) in [5.74, 6) is -7.42. The van der Waals surface area contributed by atoms with E-state index in [9.17, 15) is 32.3 Å². The number of rotatable bonds is 9. The van der Waals surface area contributed by atoms with E-state index < -0.39 is 117 Å². The maximum atomic E-state index is 15.9. The molecule has 2 saturated heterocycles. The number of ether oxygens (including phenoxy) is 3. The summed E-state index contributed by atoms with van der Waals surface area (Å²) in [6, 6.07) is -0.318. The van der Waals surface area contributed by atoms with E-state index in [2.05, 4.69) is 10.3 Å². The van der Waals surface area contributed by atoms with Gasteiger partial charge in [-0.2, -0.15) is 13.2 Å². The van der Waals surface area contributed by atoms with Crippen molar-refractivity contribution in [2.75, 3.05) is 26.9 Å². The summed E-state index contributed by atoms with van der Waals surface area (Å²) in [6.07, 6.45) is -2.80. The van der Waals surface area contributed by atoms with Crippen molar-refractivity contribution < 1.29 is 68.9 Å². The number of fused-ring (bicyclic) bond motifs is 3. The number of nitrogens with zero attached hydrogens (tertiary/aromatic N) is 3. The van der Waals surface area contributed by atoms with Gasteiger partial charge in [0.2, 0.25) is 33.3 Å². The minimum atomic E-state index is -5.39. The Balaban J connectivity index is 1.35. The van der Waals surface area contributed by atoms with E-state index in [4.69, 9.17) is 14.2 Å². The molecule has 2 saturated carbocycles. The first kappa shape index (κ1) is 45.2. The van der Waals surface area contributed by atoms with Crippen LogP contribution in [0.1, 0.15) is 78.1 Å². The van der Waals surface area contributed by atoms with Gasteiger partial charge in [0.1, 0.15) is 35.3 Å². The molecule has 4 heterocycles. The lowest BCUT2D eigenvalue weighted by Gasteiger charge is -2.42. The highest BCUT2D eigenvalue weighted by Gasteiger charge is 2.68. The molecule has 340 valence electrons.